The number of Topliss-reactive ketones (excluding diaryl/α,β-unsaturated/α-hetero) is 2. The van der Waals surface area contributed by atoms with Crippen LogP contribution in [0.4, 0.5) is 0 Å². The first-order valence-electron chi connectivity index (χ1n) is 5.22. The predicted molar refractivity (Wildman–Crippen MR) is 57.4 cm³/mol. The van der Waals surface area contributed by atoms with Crippen LogP contribution in [0.2, 0.25) is 0 Å². The Bertz CT molecular complexity index is 248. The number of amides is 1. The summed E-state index contributed by atoms with van der Waals surface area (Å²) in [6.45, 7) is 4.65. The minimum Gasteiger partial charge on any atom is -0.347 e. The van der Waals surface area contributed by atoms with Crippen molar-refractivity contribution in [2.24, 2.45) is 0 Å². The molecule has 0 bridgehead atoms. The van der Waals surface area contributed by atoms with Gasteiger partial charge >= 0.3 is 0 Å². The summed E-state index contributed by atoms with van der Waals surface area (Å²) in [5, 5.41) is 2.59. The van der Waals surface area contributed by atoms with Crippen molar-refractivity contribution in [3.05, 3.63) is 0 Å². The highest BCUT2D eigenvalue weighted by Gasteiger charge is 2.10. The van der Waals surface area contributed by atoms with Gasteiger partial charge in [0.2, 0.25) is 5.91 Å². The molecule has 1 N–H and O–H groups in total. The third kappa shape index (κ3) is 7.85. The molecule has 1 amide bonds. The van der Waals surface area contributed by atoms with Crippen molar-refractivity contribution in [3.8, 4) is 0 Å². The van der Waals surface area contributed by atoms with E-state index in [0.717, 1.165) is 6.42 Å². The van der Waals surface area contributed by atoms with Gasteiger partial charge in [0.1, 0.15) is 5.78 Å². The summed E-state index contributed by atoms with van der Waals surface area (Å²) in [5.74, 6) is -0.0270. The van der Waals surface area contributed by atoms with Gasteiger partial charge in [-0.05, 0) is 33.6 Å². The Morgan fingerprint density at radius 1 is 1.07 bits per heavy atom. The maximum Gasteiger partial charge on any atom is 0.220 e. The molecule has 0 saturated heterocycles. The van der Waals surface area contributed by atoms with E-state index in [0.29, 0.717) is 19.3 Å². The third-order valence-electron chi connectivity index (χ3n) is 2.17. The molecule has 4 heteroatoms. The minimum atomic E-state index is -0.412. The number of nitrogens with one attached hydrogen (secondary N) is 1. The van der Waals surface area contributed by atoms with E-state index >= 15 is 0 Å². The van der Waals surface area contributed by atoms with E-state index in [1.807, 2.05) is 0 Å². The van der Waals surface area contributed by atoms with Crippen LogP contribution >= 0.6 is 0 Å². The SMILES string of the molecule is CC(=O)CCCCC(=O)N[C@@H](C)C(C)=O. The molecule has 0 fully saturated rings. The fourth-order valence-electron chi connectivity index (χ4n) is 1.07. The molecule has 86 valence electrons. The highest BCUT2D eigenvalue weighted by Crippen LogP contribution is 2.00. The molecule has 0 radical (unpaired) electrons. The second-order valence-corrected chi connectivity index (χ2v) is 3.81. The maximum absolute atomic E-state index is 11.3. The zero-order valence-electron chi connectivity index (χ0n) is 9.63. The molecule has 0 unspecified atom stereocenters. The van der Waals surface area contributed by atoms with Gasteiger partial charge in [0, 0.05) is 12.8 Å². The van der Waals surface area contributed by atoms with Crippen molar-refractivity contribution in [1.82, 2.24) is 5.32 Å². The van der Waals surface area contributed by atoms with Gasteiger partial charge < -0.3 is 10.1 Å². The van der Waals surface area contributed by atoms with Crippen LogP contribution in [0, 0.1) is 0 Å². The van der Waals surface area contributed by atoms with Crippen molar-refractivity contribution < 1.29 is 14.4 Å². The first-order chi connectivity index (χ1) is 6.93. The number of ketones is 2. The Labute approximate surface area is 90.4 Å². The van der Waals surface area contributed by atoms with Crippen molar-refractivity contribution in [1.29, 1.82) is 0 Å². The van der Waals surface area contributed by atoms with Crippen molar-refractivity contribution >= 4 is 17.5 Å². The molecule has 0 aliphatic carbocycles. The topological polar surface area (TPSA) is 63.2 Å². The summed E-state index contributed by atoms with van der Waals surface area (Å²) < 4.78 is 0. The highest BCUT2D eigenvalue weighted by atomic mass is 16.2. The van der Waals surface area contributed by atoms with E-state index in [1.54, 1.807) is 6.92 Å². The van der Waals surface area contributed by atoms with E-state index in [-0.39, 0.29) is 17.5 Å². The first kappa shape index (κ1) is 13.8. The fraction of sp³-hybridized carbons (Fsp3) is 0.727. The van der Waals surface area contributed by atoms with E-state index in [9.17, 15) is 14.4 Å². The fourth-order valence-corrected chi connectivity index (χ4v) is 1.07. The van der Waals surface area contributed by atoms with Gasteiger partial charge in [-0.25, -0.2) is 0 Å². The highest BCUT2D eigenvalue weighted by molar-refractivity contribution is 5.87. The molecule has 0 rings (SSSR count). The van der Waals surface area contributed by atoms with Crippen LogP contribution in [-0.4, -0.2) is 23.5 Å². The summed E-state index contributed by atoms with van der Waals surface area (Å²) in [4.78, 5) is 32.7. The van der Waals surface area contributed by atoms with Crippen LogP contribution in [0.1, 0.15) is 46.5 Å². The van der Waals surface area contributed by atoms with Gasteiger partial charge in [0.25, 0.3) is 0 Å². The molecule has 1 atom stereocenters. The van der Waals surface area contributed by atoms with Crippen LogP contribution in [-0.2, 0) is 14.4 Å². The average Bonchev–Trinajstić information content (AvgIpc) is 2.12. The van der Waals surface area contributed by atoms with E-state index in [4.69, 9.17) is 0 Å². The summed E-state index contributed by atoms with van der Waals surface area (Å²) in [6.07, 6.45) is 2.33. The van der Waals surface area contributed by atoms with Crippen molar-refractivity contribution in [2.45, 2.75) is 52.5 Å². The van der Waals surface area contributed by atoms with Gasteiger partial charge in [-0.1, -0.05) is 0 Å². The molecule has 0 spiro atoms. The zero-order chi connectivity index (χ0) is 11.8. The van der Waals surface area contributed by atoms with E-state index in [1.165, 1.54) is 13.8 Å². The van der Waals surface area contributed by atoms with Crippen LogP contribution in [0.25, 0.3) is 0 Å². The molecular weight excluding hydrogens is 194 g/mol. The third-order valence-corrected chi connectivity index (χ3v) is 2.17. The lowest BCUT2D eigenvalue weighted by Gasteiger charge is -2.09. The molecule has 4 nitrogen and oxygen atoms in total. The Hall–Kier alpha value is -1.19. The standard InChI is InChI=1S/C11H19NO3/c1-8(13)6-4-5-7-11(15)12-9(2)10(3)14/h9H,4-7H2,1-3H3,(H,12,15)/t9-/m0/s1. The second kappa shape index (κ2) is 7.15. The van der Waals surface area contributed by atoms with Gasteiger partial charge in [0.15, 0.2) is 5.78 Å². The van der Waals surface area contributed by atoms with Crippen molar-refractivity contribution in [2.75, 3.05) is 0 Å². The predicted octanol–water partition coefficient (Wildman–Crippen LogP) is 1.23. The monoisotopic (exact) mass is 213 g/mol. The normalized spacial score (nSPS) is 11.9. The van der Waals surface area contributed by atoms with Gasteiger partial charge in [-0.3, -0.25) is 9.59 Å². The number of unbranched alkanes of at least 4 members (excludes halogenated alkanes) is 1. The number of hydrogen-bond donors (Lipinski definition) is 1. The maximum atomic E-state index is 11.3. The Kier molecular flexibility index (Phi) is 6.58. The second-order valence-electron chi connectivity index (χ2n) is 3.81. The number of carbonyl (C=O) groups is 3. The summed E-state index contributed by atoms with van der Waals surface area (Å²) >= 11 is 0. The molecule has 0 saturated carbocycles. The molecular formula is C11H19NO3. The lowest BCUT2D eigenvalue weighted by Crippen LogP contribution is -2.37. The van der Waals surface area contributed by atoms with E-state index < -0.39 is 6.04 Å². The molecule has 0 aromatic heterocycles. The molecule has 0 aromatic rings. The van der Waals surface area contributed by atoms with Crippen LogP contribution < -0.4 is 5.32 Å². The number of carbonyl (C=O) groups excluding carboxylic acids is 3. The summed E-state index contributed by atoms with van der Waals surface area (Å²) in [6, 6.07) is -0.412. The average molecular weight is 213 g/mol. The minimum absolute atomic E-state index is 0.0490. The van der Waals surface area contributed by atoms with Crippen molar-refractivity contribution in [3.63, 3.8) is 0 Å². The number of hydrogen-bond acceptors (Lipinski definition) is 3. The van der Waals surface area contributed by atoms with Gasteiger partial charge in [-0.2, -0.15) is 0 Å². The Morgan fingerprint density at radius 3 is 2.07 bits per heavy atom. The molecule has 0 aliphatic rings. The van der Waals surface area contributed by atoms with Crippen LogP contribution in [0.15, 0.2) is 0 Å². The largest absolute Gasteiger partial charge is 0.347 e. The molecule has 0 aromatic carbocycles. The molecule has 15 heavy (non-hydrogen) atoms. The summed E-state index contributed by atoms with van der Waals surface area (Å²) in [5.41, 5.74) is 0. The molecule has 0 aliphatic heterocycles. The number of rotatable bonds is 7. The lowest BCUT2D eigenvalue weighted by atomic mass is 10.1. The zero-order valence-corrected chi connectivity index (χ0v) is 9.63. The quantitative estimate of drug-likeness (QED) is 0.647. The van der Waals surface area contributed by atoms with Gasteiger partial charge in [0.05, 0.1) is 6.04 Å². The van der Waals surface area contributed by atoms with E-state index in [2.05, 4.69) is 5.32 Å². The Balaban J connectivity index is 3.58. The lowest BCUT2D eigenvalue weighted by molar-refractivity contribution is -0.126. The smallest absolute Gasteiger partial charge is 0.220 e. The van der Waals surface area contributed by atoms with Gasteiger partial charge in [-0.15, -0.1) is 0 Å². The first-order valence-corrected chi connectivity index (χ1v) is 5.22. The molecule has 0 heterocycles. The Morgan fingerprint density at radius 2 is 1.60 bits per heavy atom. The summed E-state index contributed by atoms with van der Waals surface area (Å²) in [7, 11) is 0. The van der Waals surface area contributed by atoms with Crippen LogP contribution in [0.5, 0.6) is 0 Å². The van der Waals surface area contributed by atoms with Crippen LogP contribution in [0.3, 0.4) is 0 Å².